The van der Waals surface area contributed by atoms with Crippen molar-refractivity contribution in [2.24, 2.45) is 17.6 Å². The number of nitrogens with zero attached hydrogens (tertiary/aromatic N) is 4. The molecule has 0 saturated carbocycles. The molecule has 0 unspecified atom stereocenters. The number of hydrogen-bond donors (Lipinski definition) is 2. The highest BCUT2D eigenvalue weighted by Crippen LogP contribution is 2.36. The van der Waals surface area contributed by atoms with E-state index in [0.29, 0.717) is 34.6 Å². The summed E-state index contributed by atoms with van der Waals surface area (Å²) in [4.78, 5) is 29.1. The molecular formula is C47H52Cl2F4N6O4. The van der Waals surface area contributed by atoms with Crippen LogP contribution in [-0.4, -0.2) is 55.9 Å². The number of halogens is 6. The first-order valence-electron chi connectivity index (χ1n) is 20.3. The van der Waals surface area contributed by atoms with Gasteiger partial charge in [0.25, 0.3) is 0 Å². The molecule has 2 atom stereocenters. The van der Waals surface area contributed by atoms with Crippen LogP contribution in [0.2, 0.25) is 10.0 Å². The molecule has 3 N–H and O–H groups in total. The van der Waals surface area contributed by atoms with Crippen LogP contribution in [0.4, 0.5) is 22.4 Å². The van der Waals surface area contributed by atoms with Gasteiger partial charge in [0.2, 0.25) is 11.8 Å². The molecule has 0 radical (unpaired) electrons. The quantitative estimate of drug-likeness (QED) is 0.109. The van der Waals surface area contributed by atoms with E-state index in [1.54, 1.807) is 45.0 Å². The summed E-state index contributed by atoms with van der Waals surface area (Å²) < 4.78 is 73.0. The summed E-state index contributed by atoms with van der Waals surface area (Å²) in [5, 5.41) is 3.78. The highest BCUT2D eigenvalue weighted by atomic mass is 35.5. The zero-order valence-corrected chi connectivity index (χ0v) is 38.2. The van der Waals surface area contributed by atoms with Crippen molar-refractivity contribution in [1.29, 1.82) is 0 Å². The summed E-state index contributed by atoms with van der Waals surface area (Å²) in [6.45, 7) is 17.8. The molecule has 0 bridgehead atoms. The van der Waals surface area contributed by atoms with Crippen LogP contribution in [0.25, 0.3) is 44.1 Å². The Morgan fingerprint density at radius 3 is 1.54 bits per heavy atom. The van der Waals surface area contributed by atoms with Crippen molar-refractivity contribution in [2.45, 2.75) is 91.8 Å². The Balaban J connectivity index is 0.000000243. The first-order valence-corrected chi connectivity index (χ1v) is 21.0. The average Bonchev–Trinajstić information content (AvgIpc) is 3.14. The van der Waals surface area contributed by atoms with E-state index in [1.807, 2.05) is 27.7 Å². The number of alkyl carbamates (subject to hydrolysis) is 1. The molecule has 0 aliphatic carbocycles. The van der Waals surface area contributed by atoms with E-state index in [4.69, 9.17) is 43.1 Å². The van der Waals surface area contributed by atoms with Crippen molar-refractivity contribution in [1.82, 2.24) is 25.3 Å². The van der Waals surface area contributed by atoms with Crippen LogP contribution < -0.4 is 20.5 Å². The lowest BCUT2D eigenvalue weighted by atomic mass is 9.91. The Morgan fingerprint density at radius 2 is 1.13 bits per heavy atom. The van der Waals surface area contributed by atoms with E-state index < -0.39 is 46.0 Å². The molecule has 10 nitrogen and oxygen atoms in total. The van der Waals surface area contributed by atoms with Gasteiger partial charge in [-0.2, -0.15) is 0 Å². The Bertz CT molecular complexity index is 2590. The SMILES string of the molecule is CC(C)C[C@@](C)(COc1ncc(-c2ccnc3cc(F)cc(F)c23)cc1Cl)NC(=O)OC(C)(C)C.CC(C)C[C@](C)(N)COc1ncc(-c2ccnc3cc(F)cc(F)c23)cc1Cl. The van der Waals surface area contributed by atoms with Gasteiger partial charge in [0.05, 0.1) is 16.6 Å². The molecule has 4 aromatic heterocycles. The normalized spacial score (nSPS) is 13.6. The minimum atomic E-state index is -0.741. The van der Waals surface area contributed by atoms with Crippen LogP contribution in [0.5, 0.6) is 11.8 Å². The molecule has 0 spiro atoms. The lowest BCUT2D eigenvalue weighted by Gasteiger charge is -2.33. The van der Waals surface area contributed by atoms with Crippen LogP contribution in [-0.2, 0) is 4.74 Å². The van der Waals surface area contributed by atoms with E-state index in [-0.39, 0.29) is 62.7 Å². The van der Waals surface area contributed by atoms with Gasteiger partial charge >= 0.3 is 6.09 Å². The summed E-state index contributed by atoms with van der Waals surface area (Å²) in [5.74, 6) is -1.67. The Labute approximate surface area is 374 Å². The molecule has 336 valence electrons. The molecule has 6 rings (SSSR count). The zero-order valence-electron chi connectivity index (χ0n) is 36.7. The van der Waals surface area contributed by atoms with Crippen LogP contribution in [0.3, 0.4) is 0 Å². The first kappa shape index (κ1) is 48.7. The van der Waals surface area contributed by atoms with Crippen LogP contribution >= 0.6 is 23.2 Å². The number of fused-ring (bicyclic) bond motifs is 2. The second-order valence-corrected chi connectivity index (χ2v) is 18.7. The fourth-order valence-corrected chi connectivity index (χ4v) is 7.74. The van der Waals surface area contributed by atoms with E-state index in [1.165, 1.54) is 36.9 Å². The third-order valence-electron chi connectivity index (χ3n) is 9.36. The number of nitrogens with one attached hydrogen (secondary N) is 1. The smallest absolute Gasteiger partial charge is 0.408 e. The summed E-state index contributed by atoms with van der Waals surface area (Å²) in [6, 6.07) is 10.5. The Hall–Kier alpha value is -5.31. The van der Waals surface area contributed by atoms with Crippen molar-refractivity contribution < 1.29 is 36.6 Å². The third-order valence-corrected chi connectivity index (χ3v) is 9.90. The number of nitrogens with two attached hydrogens (primary N) is 1. The van der Waals surface area contributed by atoms with Crippen molar-refractivity contribution in [3.63, 3.8) is 0 Å². The van der Waals surface area contributed by atoms with Crippen LogP contribution in [0.15, 0.2) is 73.3 Å². The number of ether oxygens (including phenoxy) is 3. The number of rotatable bonds is 13. The van der Waals surface area contributed by atoms with E-state index in [9.17, 15) is 22.4 Å². The van der Waals surface area contributed by atoms with E-state index in [0.717, 1.165) is 18.6 Å². The number of carbonyl (C=O) groups excluding carboxylic acids is 1. The standard InChI is InChI=1S/C26H30ClF2N3O3.C21H22ClF2N3O/c1-15(2)12-26(6,32-24(33)35-25(3,4)5)14-34-23-19(27)9-16(13-31-23)18-7-8-30-21-11-17(28)10-20(29)22(18)21;1-12(2)9-21(3,25)11-28-20-16(22)6-13(10-27-20)15-4-5-26-18-8-14(23)7-17(24)19(15)18/h7-11,13,15H,12,14H2,1-6H3,(H,32,33);4-8,10,12H,9,11,25H2,1-3H3/t26-;21-/m00/s1. The Morgan fingerprint density at radius 1 is 0.683 bits per heavy atom. The zero-order chi connectivity index (χ0) is 46.4. The van der Waals surface area contributed by atoms with Gasteiger partial charge in [-0.3, -0.25) is 9.97 Å². The van der Waals surface area contributed by atoms with Crippen molar-refractivity contribution >= 4 is 51.1 Å². The summed E-state index contributed by atoms with van der Waals surface area (Å²) >= 11 is 12.8. The fourth-order valence-electron chi connectivity index (χ4n) is 7.30. The van der Waals surface area contributed by atoms with Gasteiger partial charge in [0, 0.05) is 76.5 Å². The number of aromatic nitrogens is 4. The van der Waals surface area contributed by atoms with Gasteiger partial charge < -0.3 is 25.3 Å². The predicted molar refractivity (Wildman–Crippen MR) is 240 cm³/mol. The third kappa shape index (κ3) is 13.4. The largest absolute Gasteiger partial charge is 0.475 e. The van der Waals surface area contributed by atoms with Gasteiger partial charge in [0.15, 0.2) is 0 Å². The molecule has 1 amide bonds. The second kappa shape index (κ2) is 20.0. The van der Waals surface area contributed by atoms with E-state index >= 15 is 0 Å². The monoisotopic (exact) mass is 910 g/mol. The molecule has 0 saturated heterocycles. The van der Waals surface area contributed by atoms with Gasteiger partial charge in [-0.05, 0) is 94.7 Å². The molecule has 2 aromatic carbocycles. The molecule has 4 heterocycles. The maximum Gasteiger partial charge on any atom is 0.408 e. The molecule has 63 heavy (non-hydrogen) atoms. The minimum Gasteiger partial charge on any atom is -0.475 e. The molecular weight excluding hydrogens is 859 g/mol. The number of hydrogen-bond acceptors (Lipinski definition) is 9. The lowest BCUT2D eigenvalue weighted by molar-refractivity contribution is 0.0406. The van der Waals surface area contributed by atoms with Crippen molar-refractivity contribution in [2.75, 3.05) is 13.2 Å². The molecule has 6 aromatic rings. The Kier molecular flexibility index (Phi) is 15.5. The predicted octanol–water partition coefficient (Wildman–Crippen LogP) is 12.3. The van der Waals surface area contributed by atoms with Gasteiger partial charge in [0.1, 0.15) is 52.1 Å². The van der Waals surface area contributed by atoms with Crippen LogP contribution in [0, 0.1) is 35.1 Å². The number of benzene rings is 2. The highest BCUT2D eigenvalue weighted by Gasteiger charge is 2.31. The van der Waals surface area contributed by atoms with Crippen molar-refractivity contribution in [3.8, 4) is 34.0 Å². The summed E-state index contributed by atoms with van der Waals surface area (Å²) in [6.07, 6.45) is 6.87. The summed E-state index contributed by atoms with van der Waals surface area (Å²) in [7, 11) is 0. The minimum absolute atomic E-state index is 0.0998. The number of pyridine rings is 4. The maximum atomic E-state index is 14.5. The van der Waals surface area contributed by atoms with Gasteiger partial charge in [-0.1, -0.05) is 50.9 Å². The van der Waals surface area contributed by atoms with Gasteiger partial charge in [-0.25, -0.2) is 32.3 Å². The summed E-state index contributed by atoms with van der Waals surface area (Å²) in [5.41, 5.74) is 6.88. The lowest BCUT2D eigenvalue weighted by Crippen LogP contribution is -2.52. The average molecular weight is 912 g/mol. The van der Waals surface area contributed by atoms with E-state index in [2.05, 4.69) is 39.1 Å². The molecule has 0 fully saturated rings. The number of carbonyl (C=O) groups is 1. The topological polar surface area (TPSA) is 134 Å². The molecule has 0 aliphatic rings. The molecule has 0 aliphatic heterocycles. The maximum absolute atomic E-state index is 14.5. The van der Waals surface area contributed by atoms with Crippen molar-refractivity contribution in [3.05, 3.63) is 107 Å². The van der Waals surface area contributed by atoms with Crippen LogP contribution in [0.1, 0.15) is 75.2 Å². The number of amides is 1. The first-order chi connectivity index (χ1) is 29.4. The highest BCUT2D eigenvalue weighted by molar-refractivity contribution is 6.32. The second-order valence-electron chi connectivity index (χ2n) is 17.9. The molecule has 16 heteroatoms. The van der Waals surface area contributed by atoms with Gasteiger partial charge in [-0.15, -0.1) is 0 Å². The fraction of sp³-hybridized carbons (Fsp3) is 0.383.